The molecule has 2 rings (SSSR count). The molecule has 0 fully saturated rings. The Morgan fingerprint density at radius 1 is 1.48 bits per heavy atom. The van der Waals surface area contributed by atoms with E-state index in [1.807, 2.05) is 20.8 Å². The number of carbonyl (C=O) groups is 1. The quantitative estimate of drug-likeness (QED) is 0.900. The molecule has 7 heteroatoms. The van der Waals surface area contributed by atoms with E-state index in [4.69, 9.17) is 16.0 Å². The van der Waals surface area contributed by atoms with Crippen molar-refractivity contribution in [3.05, 3.63) is 23.2 Å². The number of aromatic nitrogens is 1. The standard InChI is InChI=1S/C14H18ClN3O3/c1-14(2,3)18(13(19)20)7-6-16-12-17-10-8-9(15)4-5-11(10)21-12/h4-5,8H,6-7H2,1-3H3,(H,16,17)(H,19,20). The monoisotopic (exact) mass is 311 g/mol. The van der Waals surface area contributed by atoms with Crippen molar-refractivity contribution in [3.8, 4) is 0 Å². The molecule has 21 heavy (non-hydrogen) atoms. The van der Waals surface area contributed by atoms with Gasteiger partial charge in [0.15, 0.2) is 5.58 Å². The maximum absolute atomic E-state index is 11.2. The Bertz CT molecular complexity index is 648. The van der Waals surface area contributed by atoms with Gasteiger partial charge in [-0.1, -0.05) is 11.6 Å². The second kappa shape index (κ2) is 5.81. The summed E-state index contributed by atoms with van der Waals surface area (Å²) >= 11 is 5.88. The summed E-state index contributed by atoms with van der Waals surface area (Å²) in [6, 6.07) is 5.54. The Morgan fingerprint density at radius 3 is 2.81 bits per heavy atom. The van der Waals surface area contributed by atoms with Crippen LogP contribution >= 0.6 is 11.6 Å². The third-order valence-corrected chi connectivity index (χ3v) is 3.24. The summed E-state index contributed by atoms with van der Waals surface area (Å²) in [5, 5.41) is 12.8. The van der Waals surface area contributed by atoms with Gasteiger partial charge in [0.05, 0.1) is 0 Å². The average Bonchev–Trinajstić information content (AvgIpc) is 2.74. The highest BCUT2D eigenvalue weighted by molar-refractivity contribution is 6.31. The number of halogens is 1. The number of nitrogens with zero attached hydrogens (tertiary/aromatic N) is 2. The van der Waals surface area contributed by atoms with Gasteiger partial charge in [-0.25, -0.2) is 4.79 Å². The lowest BCUT2D eigenvalue weighted by Gasteiger charge is -2.33. The molecule has 0 aliphatic carbocycles. The molecule has 0 saturated heterocycles. The number of rotatable bonds is 4. The SMILES string of the molecule is CC(C)(C)N(CCNc1nc2cc(Cl)ccc2o1)C(=O)O. The molecule has 2 N–H and O–H groups in total. The van der Waals surface area contributed by atoms with Gasteiger partial charge in [-0.15, -0.1) is 0 Å². The largest absolute Gasteiger partial charge is 0.465 e. The van der Waals surface area contributed by atoms with E-state index in [9.17, 15) is 9.90 Å². The molecule has 114 valence electrons. The molecule has 0 unspecified atom stereocenters. The summed E-state index contributed by atoms with van der Waals surface area (Å²) in [5.74, 6) is 0. The van der Waals surface area contributed by atoms with Crippen molar-refractivity contribution >= 4 is 34.8 Å². The normalized spacial score (nSPS) is 11.6. The number of amides is 1. The van der Waals surface area contributed by atoms with Crippen molar-refractivity contribution < 1.29 is 14.3 Å². The first-order valence-electron chi connectivity index (χ1n) is 6.58. The minimum atomic E-state index is -0.950. The molecule has 1 heterocycles. The van der Waals surface area contributed by atoms with Gasteiger partial charge in [0, 0.05) is 23.7 Å². The number of fused-ring (bicyclic) bond motifs is 1. The average molecular weight is 312 g/mol. The van der Waals surface area contributed by atoms with Crippen LogP contribution in [0.25, 0.3) is 11.1 Å². The summed E-state index contributed by atoms with van der Waals surface area (Å²) < 4.78 is 5.50. The first-order chi connectivity index (χ1) is 9.77. The minimum Gasteiger partial charge on any atom is -0.465 e. The first-order valence-corrected chi connectivity index (χ1v) is 6.96. The zero-order valence-corrected chi connectivity index (χ0v) is 12.9. The van der Waals surface area contributed by atoms with Gasteiger partial charge in [0.1, 0.15) is 5.52 Å². The summed E-state index contributed by atoms with van der Waals surface area (Å²) in [4.78, 5) is 16.8. The lowest BCUT2D eigenvalue weighted by atomic mass is 10.1. The predicted molar refractivity (Wildman–Crippen MR) is 82.0 cm³/mol. The van der Waals surface area contributed by atoms with Crippen molar-refractivity contribution in [1.82, 2.24) is 9.88 Å². The van der Waals surface area contributed by atoms with Crippen molar-refractivity contribution in [1.29, 1.82) is 0 Å². The number of nitrogens with one attached hydrogen (secondary N) is 1. The van der Waals surface area contributed by atoms with E-state index in [1.165, 1.54) is 4.90 Å². The van der Waals surface area contributed by atoms with Crippen LogP contribution in [0.4, 0.5) is 10.8 Å². The third kappa shape index (κ3) is 3.78. The van der Waals surface area contributed by atoms with Crippen LogP contribution in [0.15, 0.2) is 22.6 Å². The maximum atomic E-state index is 11.2. The van der Waals surface area contributed by atoms with Crippen LogP contribution in [0, 0.1) is 0 Å². The van der Waals surface area contributed by atoms with E-state index in [0.717, 1.165) is 0 Å². The number of anilines is 1. The lowest BCUT2D eigenvalue weighted by Crippen LogP contribution is -2.47. The molecule has 2 aromatic rings. The molecule has 0 atom stereocenters. The second-order valence-electron chi connectivity index (χ2n) is 5.66. The molecule has 0 saturated carbocycles. The molecule has 0 aliphatic heterocycles. The van der Waals surface area contributed by atoms with Crippen LogP contribution in [0.2, 0.25) is 5.02 Å². The third-order valence-electron chi connectivity index (χ3n) is 3.00. The lowest BCUT2D eigenvalue weighted by molar-refractivity contribution is 0.103. The Balaban J connectivity index is 2.00. The Kier molecular flexibility index (Phi) is 4.27. The molecule has 0 radical (unpaired) electrons. The van der Waals surface area contributed by atoms with Crippen molar-refractivity contribution in [3.63, 3.8) is 0 Å². The van der Waals surface area contributed by atoms with Gasteiger partial charge in [-0.2, -0.15) is 4.98 Å². The number of hydrogen-bond acceptors (Lipinski definition) is 4. The van der Waals surface area contributed by atoms with Gasteiger partial charge in [0.25, 0.3) is 6.01 Å². The summed E-state index contributed by atoms with van der Waals surface area (Å²) in [6.45, 7) is 6.29. The minimum absolute atomic E-state index is 0.332. The molecule has 0 spiro atoms. The first kappa shape index (κ1) is 15.4. The zero-order chi connectivity index (χ0) is 15.6. The maximum Gasteiger partial charge on any atom is 0.407 e. The van der Waals surface area contributed by atoms with Crippen LogP contribution < -0.4 is 5.32 Å². The molecule has 6 nitrogen and oxygen atoms in total. The highest BCUT2D eigenvalue weighted by atomic mass is 35.5. The van der Waals surface area contributed by atoms with E-state index in [-0.39, 0.29) is 0 Å². The fourth-order valence-corrected chi connectivity index (χ4v) is 2.14. The van der Waals surface area contributed by atoms with Crippen LogP contribution in [0.1, 0.15) is 20.8 Å². The van der Waals surface area contributed by atoms with Gasteiger partial charge in [-0.3, -0.25) is 0 Å². The van der Waals surface area contributed by atoms with Crippen molar-refractivity contribution in [2.45, 2.75) is 26.3 Å². The van der Waals surface area contributed by atoms with E-state index in [2.05, 4.69) is 10.3 Å². The smallest absolute Gasteiger partial charge is 0.407 e. The molecule has 0 aliphatic rings. The van der Waals surface area contributed by atoms with E-state index in [0.29, 0.717) is 35.2 Å². The van der Waals surface area contributed by atoms with Crippen LogP contribution in [-0.2, 0) is 0 Å². The number of benzene rings is 1. The zero-order valence-electron chi connectivity index (χ0n) is 12.2. The molecular weight excluding hydrogens is 294 g/mol. The predicted octanol–water partition coefficient (Wildman–Crippen LogP) is 3.67. The molecule has 1 aromatic carbocycles. The van der Waals surface area contributed by atoms with Gasteiger partial charge < -0.3 is 19.7 Å². The number of hydrogen-bond donors (Lipinski definition) is 2. The van der Waals surface area contributed by atoms with Gasteiger partial charge in [0.2, 0.25) is 0 Å². The summed E-state index contributed by atoms with van der Waals surface area (Å²) in [5.41, 5.74) is 0.839. The molecule has 1 amide bonds. The molecular formula is C14H18ClN3O3. The molecule has 1 aromatic heterocycles. The second-order valence-corrected chi connectivity index (χ2v) is 6.10. The fraction of sp³-hybridized carbons (Fsp3) is 0.429. The van der Waals surface area contributed by atoms with Crippen LogP contribution in [0.5, 0.6) is 0 Å². The Hall–Kier alpha value is -1.95. The van der Waals surface area contributed by atoms with Crippen molar-refractivity contribution in [2.75, 3.05) is 18.4 Å². The highest BCUT2D eigenvalue weighted by Crippen LogP contribution is 2.22. The van der Waals surface area contributed by atoms with Gasteiger partial charge >= 0.3 is 6.09 Å². The summed E-state index contributed by atoms with van der Waals surface area (Å²) in [6.07, 6.45) is -0.950. The van der Waals surface area contributed by atoms with Crippen LogP contribution in [-0.4, -0.2) is 39.7 Å². The van der Waals surface area contributed by atoms with Crippen molar-refractivity contribution in [2.24, 2.45) is 0 Å². The number of carboxylic acid groups (broad SMARTS) is 1. The Morgan fingerprint density at radius 2 is 2.19 bits per heavy atom. The molecule has 0 bridgehead atoms. The fourth-order valence-electron chi connectivity index (χ4n) is 1.97. The van der Waals surface area contributed by atoms with E-state index in [1.54, 1.807) is 18.2 Å². The van der Waals surface area contributed by atoms with Gasteiger partial charge in [-0.05, 0) is 39.0 Å². The summed E-state index contributed by atoms with van der Waals surface area (Å²) in [7, 11) is 0. The topological polar surface area (TPSA) is 78.6 Å². The number of oxazole rings is 1. The van der Waals surface area contributed by atoms with Crippen LogP contribution in [0.3, 0.4) is 0 Å². The highest BCUT2D eigenvalue weighted by Gasteiger charge is 2.25. The Labute approximate surface area is 127 Å². The van der Waals surface area contributed by atoms with E-state index < -0.39 is 11.6 Å². The van der Waals surface area contributed by atoms with E-state index >= 15 is 0 Å².